The van der Waals surface area contributed by atoms with Crippen molar-refractivity contribution in [2.75, 3.05) is 0 Å². The molecule has 130 valence electrons. The van der Waals surface area contributed by atoms with Crippen LogP contribution in [0.3, 0.4) is 0 Å². The molecule has 0 radical (unpaired) electrons. The maximum Gasteiger partial charge on any atom is 0.0977 e. The highest BCUT2D eigenvalue weighted by Gasteiger charge is 2.16. The van der Waals surface area contributed by atoms with Crippen molar-refractivity contribution >= 4 is 34.3 Å². The van der Waals surface area contributed by atoms with Gasteiger partial charge in [0, 0.05) is 10.1 Å². The molecule has 2 aromatic carbocycles. The normalized spacial score (nSPS) is 16.8. The summed E-state index contributed by atoms with van der Waals surface area (Å²) in [6, 6.07) is 20.9. The SMILES string of the molecule is CC(=CC(=Nc1ccccc1)SC1CCCCC1)Sc1ccccc1. The van der Waals surface area contributed by atoms with Crippen LogP contribution in [0.25, 0.3) is 0 Å². The molecule has 1 fully saturated rings. The van der Waals surface area contributed by atoms with E-state index in [1.807, 2.05) is 29.6 Å². The molecule has 0 saturated heterocycles. The van der Waals surface area contributed by atoms with Crippen molar-refractivity contribution in [2.45, 2.75) is 49.2 Å². The van der Waals surface area contributed by atoms with Crippen LogP contribution < -0.4 is 0 Å². The Morgan fingerprint density at radius 2 is 1.56 bits per heavy atom. The Labute approximate surface area is 160 Å². The van der Waals surface area contributed by atoms with E-state index in [-0.39, 0.29) is 0 Å². The first-order valence-corrected chi connectivity index (χ1v) is 10.7. The van der Waals surface area contributed by atoms with Crippen LogP contribution in [-0.4, -0.2) is 10.3 Å². The van der Waals surface area contributed by atoms with E-state index in [1.165, 1.54) is 41.9 Å². The van der Waals surface area contributed by atoms with Gasteiger partial charge in [0.2, 0.25) is 0 Å². The summed E-state index contributed by atoms with van der Waals surface area (Å²) >= 11 is 3.77. The molecule has 0 unspecified atom stereocenters. The summed E-state index contributed by atoms with van der Waals surface area (Å²) in [5.41, 5.74) is 1.04. The lowest BCUT2D eigenvalue weighted by Crippen LogP contribution is -2.10. The lowest BCUT2D eigenvalue weighted by molar-refractivity contribution is 0.517. The van der Waals surface area contributed by atoms with E-state index < -0.39 is 0 Å². The summed E-state index contributed by atoms with van der Waals surface area (Å²) in [5.74, 6) is 0. The number of aliphatic imine (C=N–C) groups is 1. The van der Waals surface area contributed by atoms with Gasteiger partial charge >= 0.3 is 0 Å². The fraction of sp³-hybridized carbons (Fsp3) is 0.318. The molecule has 1 aliphatic carbocycles. The largest absolute Gasteiger partial charge is 0.242 e. The summed E-state index contributed by atoms with van der Waals surface area (Å²) in [6.45, 7) is 2.18. The van der Waals surface area contributed by atoms with Crippen molar-refractivity contribution in [3.8, 4) is 0 Å². The van der Waals surface area contributed by atoms with Crippen LogP contribution in [0.2, 0.25) is 0 Å². The molecule has 1 nitrogen and oxygen atoms in total. The maximum atomic E-state index is 4.92. The van der Waals surface area contributed by atoms with E-state index in [1.54, 1.807) is 0 Å². The van der Waals surface area contributed by atoms with E-state index in [0.29, 0.717) is 5.25 Å². The fourth-order valence-corrected chi connectivity index (χ4v) is 5.18. The molecule has 0 heterocycles. The molecule has 2 aromatic rings. The zero-order valence-corrected chi connectivity index (χ0v) is 16.4. The summed E-state index contributed by atoms with van der Waals surface area (Å²) in [7, 11) is 0. The molecule has 0 spiro atoms. The molecular formula is C22H25NS2. The Kier molecular flexibility index (Phi) is 7.25. The van der Waals surface area contributed by atoms with Gasteiger partial charge in [-0.3, -0.25) is 0 Å². The third-order valence-corrected chi connectivity index (χ3v) is 6.39. The van der Waals surface area contributed by atoms with Crippen LogP contribution in [0.15, 0.2) is 81.5 Å². The molecule has 0 N–H and O–H groups in total. The topological polar surface area (TPSA) is 12.4 Å². The Hall–Kier alpha value is -1.45. The van der Waals surface area contributed by atoms with Crippen LogP contribution in [0, 0.1) is 0 Å². The van der Waals surface area contributed by atoms with E-state index in [0.717, 1.165) is 10.7 Å². The molecule has 0 bridgehead atoms. The van der Waals surface area contributed by atoms with Gasteiger partial charge < -0.3 is 0 Å². The molecule has 0 aliphatic heterocycles. The third-order valence-electron chi connectivity index (χ3n) is 4.18. The highest BCUT2D eigenvalue weighted by molar-refractivity contribution is 8.15. The quantitative estimate of drug-likeness (QED) is 0.308. The first kappa shape index (κ1) is 18.3. The van der Waals surface area contributed by atoms with Crippen molar-refractivity contribution in [3.05, 3.63) is 71.6 Å². The third kappa shape index (κ3) is 6.41. The van der Waals surface area contributed by atoms with Crippen molar-refractivity contribution in [3.63, 3.8) is 0 Å². The molecule has 3 rings (SSSR count). The van der Waals surface area contributed by atoms with Gasteiger partial charge in [-0.05, 0) is 55.0 Å². The van der Waals surface area contributed by atoms with Gasteiger partial charge in [-0.1, -0.05) is 67.4 Å². The molecule has 0 aromatic heterocycles. The number of hydrogen-bond donors (Lipinski definition) is 0. The second-order valence-corrected chi connectivity index (χ2v) is 8.97. The fourth-order valence-electron chi connectivity index (χ4n) is 2.95. The molecule has 0 atom stereocenters. The monoisotopic (exact) mass is 367 g/mol. The van der Waals surface area contributed by atoms with Crippen molar-refractivity contribution in [2.24, 2.45) is 4.99 Å². The first-order chi connectivity index (χ1) is 12.3. The zero-order valence-electron chi connectivity index (χ0n) is 14.7. The van der Waals surface area contributed by atoms with Gasteiger partial charge in [-0.25, -0.2) is 4.99 Å². The highest BCUT2D eigenvalue weighted by atomic mass is 32.2. The van der Waals surface area contributed by atoms with E-state index in [2.05, 4.69) is 67.6 Å². The second kappa shape index (κ2) is 9.88. The van der Waals surface area contributed by atoms with E-state index >= 15 is 0 Å². The molecule has 3 heteroatoms. The number of benzene rings is 2. The molecule has 0 amide bonds. The minimum atomic E-state index is 0.710. The van der Waals surface area contributed by atoms with E-state index in [9.17, 15) is 0 Å². The minimum absolute atomic E-state index is 0.710. The molecule has 1 aliphatic rings. The number of para-hydroxylation sites is 1. The molecule has 1 saturated carbocycles. The van der Waals surface area contributed by atoms with E-state index in [4.69, 9.17) is 4.99 Å². The summed E-state index contributed by atoms with van der Waals surface area (Å²) in [5, 5.41) is 1.85. The second-order valence-electron chi connectivity index (χ2n) is 6.33. The Bertz CT molecular complexity index is 701. The standard InChI is InChI=1S/C22H25NS2/c1-18(24-20-13-7-3-8-14-20)17-22(23-19-11-5-2-6-12-19)25-21-15-9-4-10-16-21/h2-3,5-8,11-14,17,21H,4,9-10,15-16H2,1H3. The van der Waals surface area contributed by atoms with Gasteiger partial charge in [0.15, 0.2) is 0 Å². The van der Waals surface area contributed by atoms with Gasteiger partial charge in [-0.2, -0.15) is 0 Å². The average molecular weight is 368 g/mol. The number of hydrogen-bond acceptors (Lipinski definition) is 3. The van der Waals surface area contributed by atoms with Crippen molar-refractivity contribution in [1.82, 2.24) is 0 Å². The molecule has 25 heavy (non-hydrogen) atoms. The lowest BCUT2D eigenvalue weighted by atomic mass is 10.0. The number of thioether (sulfide) groups is 2. The Morgan fingerprint density at radius 1 is 0.920 bits per heavy atom. The van der Waals surface area contributed by atoms with Crippen LogP contribution in [0.1, 0.15) is 39.0 Å². The Balaban J connectivity index is 1.77. The average Bonchev–Trinajstić information content (AvgIpc) is 2.64. The highest BCUT2D eigenvalue weighted by Crippen LogP contribution is 2.33. The maximum absolute atomic E-state index is 4.92. The van der Waals surface area contributed by atoms with Crippen molar-refractivity contribution in [1.29, 1.82) is 0 Å². The first-order valence-electron chi connectivity index (χ1n) is 9.01. The molecular weight excluding hydrogens is 342 g/mol. The zero-order chi connectivity index (χ0) is 17.3. The van der Waals surface area contributed by atoms with Gasteiger partial charge in [-0.15, -0.1) is 11.8 Å². The summed E-state index contributed by atoms with van der Waals surface area (Å²) in [4.78, 5) is 7.48. The van der Waals surface area contributed by atoms with Crippen LogP contribution in [0.5, 0.6) is 0 Å². The number of allylic oxidation sites excluding steroid dienone is 1. The number of rotatable bonds is 5. The number of nitrogens with zero attached hydrogens (tertiary/aromatic N) is 1. The predicted octanol–water partition coefficient (Wildman–Crippen LogP) is 7.48. The van der Waals surface area contributed by atoms with Gasteiger partial charge in [0.25, 0.3) is 0 Å². The summed E-state index contributed by atoms with van der Waals surface area (Å²) in [6.07, 6.45) is 8.99. The minimum Gasteiger partial charge on any atom is -0.242 e. The van der Waals surface area contributed by atoms with Crippen LogP contribution in [-0.2, 0) is 0 Å². The van der Waals surface area contributed by atoms with Gasteiger partial charge in [0.05, 0.1) is 10.7 Å². The van der Waals surface area contributed by atoms with Crippen LogP contribution >= 0.6 is 23.5 Å². The lowest BCUT2D eigenvalue weighted by Gasteiger charge is -2.21. The smallest absolute Gasteiger partial charge is 0.0977 e. The summed E-state index contributed by atoms with van der Waals surface area (Å²) < 4.78 is 0. The van der Waals surface area contributed by atoms with Gasteiger partial charge in [0.1, 0.15) is 0 Å². The predicted molar refractivity (Wildman–Crippen MR) is 114 cm³/mol. The van der Waals surface area contributed by atoms with Crippen LogP contribution in [0.4, 0.5) is 5.69 Å². The Morgan fingerprint density at radius 3 is 2.24 bits per heavy atom. The van der Waals surface area contributed by atoms with Crippen molar-refractivity contribution < 1.29 is 0 Å².